The smallest absolute Gasteiger partial charge is 0.313 e. The number of ether oxygens (including phenoxy) is 1. The van der Waals surface area contributed by atoms with E-state index >= 15 is 0 Å². The first-order chi connectivity index (χ1) is 7.56. The van der Waals surface area contributed by atoms with Crippen LogP contribution < -0.4 is 5.32 Å². The van der Waals surface area contributed by atoms with E-state index in [1.165, 1.54) is 6.92 Å². The zero-order valence-electron chi connectivity index (χ0n) is 10.3. The lowest BCUT2D eigenvalue weighted by Crippen LogP contribution is -2.14. The van der Waals surface area contributed by atoms with Gasteiger partial charge in [-0.2, -0.15) is 0 Å². The number of Topliss-reactive ketones (excluding diaryl/α,β-unsaturated/α-hetero) is 1. The Morgan fingerprint density at radius 2 is 2.00 bits per heavy atom. The van der Waals surface area contributed by atoms with Gasteiger partial charge >= 0.3 is 5.97 Å². The van der Waals surface area contributed by atoms with E-state index in [-0.39, 0.29) is 18.8 Å². The fraction of sp³-hybridized carbons (Fsp3) is 0.667. The Bertz CT molecular complexity index is 259. The first-order valence-electron chi connectivity index (χ1n) is 5.62. The molecule has 0 unspecified atom stereocenters. The van der Waals surface area contributed by atoms with Crippen molar-refractivity contribution >= 4 is 11.8 Å². The molecule has 0 bridgehead atoms. The minimum absolute atomic E-state index is 0.143. The Labute approximate surface area is 97.1 Å². The molecule has 0 atom stereocenters. The van der Waals surface area contributed by atoms with Gasteiger partial charge in [-0.05, 0) is 26.3 Å². The van der Waals surface area contributed by atoms with Gasteiger partial charge in [0.25, 0.3) is 0 Å². The summed E-state index contributed by atoms with van der Waals surface area (Å²) in [6.45, 7) is 6.57. The fourth-order valence-corrected chi connectivity index (χ4v) is 1.05. The molecule has 0 aromatic rings. The van der Waals surface area contributed by atoms with Crippen molar-refractivity contribution in [2.45, 2.75) is 40.0 Å². The third kappa shape index (κ3) is 9.24. The van der Waals surface area contributed by atoms with Gasteiger partial charge < -0.3 is 10.1 Å². The number of unbranched alkanes of at least 4 members (excludes halogenated alkanes) is 1. The summed E-state index contributed by atoms with van der Waals surface area (Å²) < 4.78 is 4.85. The minimum atomic E-state index is -0.467. The Kier molecular flexibility index (Phi) is 8.21. The third-order valence-corrected chi connectivity index (χ3v) is 1.96. The molecular weight excluding hydrogens is 206 g/mol. The number of allylic oxidation sites excluding steroid dienone is 1. The lowest BCUT2D eigenvalue weighted by Gasteiger charge is -2.05. The predicted molar refractivity (Wildman–Crippen MR) is 62.9 cm³/mol. The number of nitrogens with one attached hydrogen (secondary N) is 1. The van der Waals surface area contributed by atoms with Crippen LogP contribution in [0.3, 0.4) is 0 Å². The highest BCUT2D eigenvalue weighted by atomic mass is 16.5. The highest BCUT2D eigenvalue weighted by Gasteiger charge is 2.04. The van der Waals surface area contributed by atoms with Gasteiger partial charge in [0.05, 0.1) is 0 Å². The molecule has 0 radical (unpaired) electrons. The van der Waals surface area contributed by atoms with E-state index in [9.17, 15) is 9.59 Å². The summed E-state index contributed by atoms with van der Waals surface area (Å²) in [7, 11) is 0. The predicted octanol–water partition coefficient (Wildman–Crippen LogP) is 1.80. The highest BCUT2D eigenvalue weighted by Crippen LogP contribution is 1.92. The summed E-state index contributed by atoms with van der Waals surface area (Å²) in [6, 6.07) is 0. The summed E-state index contributed by atoms with van der Waals surface area (Å²) in [4.78, 5) is 21.6. The average molecular weight is 227 g/mol. The summed E-state index contributed by atoms with van der Waals surface area (Å²) in [6.07, 6.45) is 3.92. The molecular formula is C12H21NO3. The second-order valence-corrected chi connectivity index (χ2v) is 3.73. The molecule has 0 spiro atoms. The Morgan fingerprint density at radius 3 is 2.56 bits per heavy atom. The van der Waals surface area contributed by atoms with Gasteiger partial charge in [-0.15, -0.1) is 0 Å². The van der Waals surface area contributed by atoms with Crippen LogP contribution in [0.25, 0.3) is 0 Å². The highest BCUT2D eigenvalue weighted by molar-refractivity contribution is 5.94. The van der Waals surface area contributed by atoms with Gasteiger partial charge in [-0.1, -0.05) is 13.3 Å². The molecule has 0 aliphatic heterocycles. The summed E-state index contributed by atoms with van der Waals surface area (Å²) in [5.74, 6) is -0.642. The quantitative estimate of drug-likeness (QED) is 0.390. The van der Waals surface area contributed by atoms with Crippen LogP contribution in [0.5, 0.6) is 0 Å². The SMILES string of the molecule is CCCCN/C(C)=C\COC(=O)CC(C)=O. The molecule has 92 valence electrons. The minimum Gasteiger partial charge on any atom is -0.461 e. The van der Waals surface area contributed by atoms with Gasteiger partial charge in [-0.25, -0.2) is 0 Å². The topological polar surface area (TPSA) is 55.4 Å². The van der Waals surface area contributed by atoms with Gasteiger partial charge in [0.15, 0.2) is 0 Å². The number of hydrogen-bond donors (Lipinski definition) is 1. The molecule has 1 N–H and O–H groups in total. The van der Waals surface area contributed by atoms with E-state index in [4.69, 9.17) is 4.74 Å². The van der Waals surface area contributed by atoms with Crippen molar-refractivity contribution in [3.8, 4) is 0 Å². The molecule has 0 saturated carbocycles. The van der Waals surface area contributed by atoms with Crippen LogP contribution in [-0.4, -0.2) is 24.9 Å². The van der Waals surface area contributed by atoms with Crippen molar-refractivity contribution in [3.05, 3.63) is 11.8 Å². The van der Waals surface area contributed by atoms with Gasteiger partial charge in [0.2, 0.25) is 0 Å². The first kappa shape index (κ1) is 14.7. The maximum Gasteiger partial charge on any atom is 0.313 e. The Hall–Kier alpha value is -1.32. The van der Waals surface area contributed by atoms with E-state index in [0.717, 1.165) is 25.1 Å². The lowest BCUT2D eigenvalue weighted by molar-refractivity contribution is -0.144. The molecule has 0 aliphatic rings. The second-order valence-electron chi connectivity index (χ2n) is 3.73. The van der Waals surface area contributed by atoms with Crippen LogP contribution in [0.15, 0.2) is 11.8 Å². The van der Waals surface area contributed by atoms with E-state index < -0.39 is 5.97 Å². The van der Waals surface area contributed by atoms with Crippen LogP contribution in [-0.2, 0) is 14.3 Å². The normalized spacial score (nSPS) is 11.1. The van der Waals surface area contributed by atoms with Crippen molar-refractivity contribution < 1.29 is 14.3 Å². The van der Waals surface area contributed by atoms with Crippen molar-refractivity contribution in [2.75, 3.05) is 13.2 Å². The van der Waals surface area contributed by atoms with Crippen LogP contribution in [0, 0.1) is 0 Å². The van der Waals surface area contributed by atoms with E-state index in [2.05, 4.69) is 12.2 Å². The van der Waals surface area contributed by atoms with Gasteiger partial charge in [0, 0.05) is 12.2 Å². The Balaban J connectivity index is 3.65. The zero-order valence-corrected chi connectivity index (χ0v) is 10.3. The number of rotatable bonds is 8. The van der Waals surface area contributed by atoms with Crippen molar-refractivity contribution in [1.82, 2.24) is 5.32 Å². The summed E-state index contributed by atoms with van der Waals surface area (Å²) in [5, 5.41) is 3.20. The number of hydrogen-bond acceptors (Lipinski definition) is 4. The molecule has 0 aromatic carbocycles. The maximum atomic E-state index is 11.0. The van der Waals surface area contributed by atoms with Gasteiger partial charge in [0.1, 0.15) is 18.8 Å². The van der Waals surface area contributed by atoms with Gasteiger partial charge in [-0.3, -0.25) is 9.59 Å². The number of esters is 1. The van der Waals surface area contributed by atoms with Crippen LogP contribution >= 0.6 is 0 Å². The standard InChI is InChI=1S/C12H21NO3/c1-4-5-7-13-10(2)6-8-16-12(15)9-11(3)14/h6,13H,4-5,7-9H2,1-3H3/b10-6-. The Morgan fingerprint density at radius 1 is 1.31 bits per heavy atom. The van der Waals surface area contributed by atoms with E-state index in [1.807, 2.05) is 6.92 Å². The monoisotopic (exact) mass is 227 g/mol. The van der Waals surface area contributed by atoms with Crippen molar-refractivity contribution in [2.24, 2.45) is 0 Å². The zero-order chi connectivity index (χ0) is 12.4. The molecule has 0 aliphatic carbocycles. The molecule has 0 amide bonds. The first-order valence-corrected chi connectivity index (χ1v) is 5.62. The van der Waals surface area contributed by atoms with Crippen LogP contribution in [0.4, 0.5) is 0 Å². The molecule has 16 heavy (non-hydrogen) atoms. The molecule has 4 nitrogen and oxygen atoms in total. The molecule has 4 heteroatoms. The summed E-state index contributed by atoms with van der Waals surface area (Å²) >= 11 is 0. The van der Waals surface area contributed by atoms with Crippen molar-refractivity contribution in [3.63, 3.8) is 0 Å². The molecule has 0 heterocycles. The number of carbonyl (C=O) groups excluding carboxylic acids is 2. The average Bonchev–Trinajstić information content (AvgIpc) is 2.17. The number of carbonyl (C=O) groups is 2. The largest absolute Gasteiger partial charge is 0.461 e. The summed E-state index contributed by atoms with van der Waals surface area (Å²) in [5.41, 5.74) is 0.990. The molecule has 0 saturated heterocycles. The third-order valence-electron chi connectivity index (χ3n) is 1.96. The van der Waals surface area contributed by atoms with Crippen molar-refractivity contribution in [1.29, 1.82) is 0 Å². The van der Waals surface area contributed by atoms with Crippen LogP contribution in [0.2, 0.25) is 0 Å². The lowest BCUT2D eigenvalue weighted by atomic mass is 10.3. The maximum absolute atomic E-state index is 11.0. The fourth-order valence-electron chi connectivity index (χ4n) is 1.05. The second kappa shape index (κ2) is 8.95. The molecule has 0 fully saturated rings. The van der Waals surface area contributed by atoms with E-state index in [0.29, 0.717) is 0 Å². The molecule has 0 aromatic heterocycles. The number of ketones is 1. The van der Waals surface area contributed by atoms with E-state index in [1.54, 1.807) is 6.08 Å². The molecule has 0 rings (SSSR count). The van der Waals surface area contributed by atoms with Crippen LogP contribution in [0.1, 0.15) is 40.0 Å².